The SMILES string of the molecule is CC1=NC2=NC(C(O)c3ccccc3)=NC2C(N)=N1. The Kier molecular flexibility index (Phi) is 2.72. The van der Waals surface area contributed by atoms with Crippen molar-refractivity contribution in [2.45, 2.75) is 19.1 Å². The lowest BCUT2D eigenvalue weighted by Crippen LogP contribution is -2.35. The number of aliphatic hydroxyl groups is 1. The molecule has 96 valence electrons. The van der Waals surface area contributed by atoms with Crippen molar-refractivity contribution in [1.82, 2.24) is 0 Å². The number of aliphatic imine (C=N–C) groups is 4. The van der Waals surface area contributed by atoms with Crippen LogP contribution < -0.4 is 5.73 Å². The zero-order valence-corrected chi connectivity index (χ0v) is 10.4. The molecule has 1 aromatic carbocycles. The molecule has 2 heterocycles. The molecule has 3 N–H and O–H groups in total. The third-order valence-electron chi connectivity index (χ3n) is 2.94. The molecule has 0 saturated carbocycles. The Morgan fingerprint density at radius 2 is 1.89 bits per heavy atom. The van der Waals surface area contributed by atoms with Crippen molar-refractivity contribution >= 4 is 23.3 Å². The number of hydrogen-bond donors (Lipinski definition) is 2. The third-order valence-corrected chi connectivity index (χ3v) is 2.94. The fourth-order valence-electron chi connectivity index (χ4n) is 2.04. The first kappa shape index (κ1) is 11.7. The zero-order valence-electron chi connectivity index (χ0n) is 10.4. The summed E-state index contributed by atoms with van der Waals surface area (Å²) in [6.07, 6.45) is -0.873. The Labute approximate surface area is 110 Å². The van der Waals surface area contributed by atoms with E-state index < -0.39 is 12.1 Å². The van der Waals surface area contributed by atoms with Crippen LogP contribution in [-0.2, 0) is 0 Å². The van der Waals surface area contributed by atoms with Crippen LogP contribution >= 0.6 is 0 Å². The Morgan fingerprint density at radius 1 is 1.16 bits per heavy atom. The van der Waals surface area contributed by atoms with Crippen molar-refractivity contribution in [1.29, 1.82) is 0 Å². The lowest BCUT2D eigenvalue weighted by atomic mass is 10.1. The van der Waals surface area contributed by atoms with Gasteiger partial charge in [-0.3, -0.25) is 0 Å². The molecule has 0 saturated heterocycles. The van der Waals surface area contributed by atoms with Crippen molar-refractivity contribution in [2.24, 2.45) is 25.7 Å². The van der Waals surface area contributed by atoms with Crippen LogP contribution in [0.25, 0.3) is 0 Å². The van der Waals surface area contributed by atoms with Crippen LogP contribution in [0.2, 0.25) is 0 Å². The molecular formula is C13H13N5O. The van der Waals surface area contributed by atoms with E-state index in [1.54, 1.807) is 6.92 Å². The Morgan fingerprint density at radius 3 is 2.63 bits per heavy atom. The van der Waals surface area contributed by atoms with Crippen molar-refractivity contribution in [2.75, 3.05) is 0 Å². The molecule has 3 rings (SSSR count). The van der Waals surface area contributed by atoms with E-state index in [-0.39, 0.29) is 0 Å². The summed E-state index contributed by atoms with van der Waals surface area (Å²) in [6, 6.07) is 8.77. The van der Waals surface area contributed by atoms with Crippen LogP contribution in [0.15, 0.2) is 50.3 Å². The van der Waals surface area contributed by atoms with Crippen LogP contribution in [0.1, 0.15) is 18.6 Å². The topological polar surface area (TPSA) is 95.7 Å². The summed E-state index contributed by atoms with van der Waals surface area (Å²) >= 11 is 0. The van der Waals surface area contributed by atoms with Gasteiger partial charge in [0.05, 0.1) is 0 Å². The highest BCUT2D eigenvalue weighted by atomic mass is 16.3. The zero-order chi connectivity index (χ0) is 13.4. The van der Waals surface area contributed by atoms with Gasteiger partial charge >= 0.3 is 0 Å². The minimum Gasteiger partial charge on any atom is -0.385 e. The Bertz CT molecular complexity index is 630. The highest BCUT2D eigenvalue weighted by Gasteiger charge is 2.31. The molecule has 1 aromatic rings. The first-order chi connectivity index (χ1) is 9.15. The van der Waals surface area contributed by atoms with Gasteiger partial charge < -0.3 is 10.8 Å². The van der Waals surface area contributed by atoms with Gasteiger partial charge in [0.15, 0.2) is 17.7 Å². The van der Waals surface area contributed by atoms with Gasteiger partial charge in [-0.2, -0.15) is 0 Å². The smallest absolute Gasteiger partial charge is 0.169 e. The molecule has 19 heavy (non-hydrogen) atoms. The minimum absolute atomic E-state index is 0.322. The lowest BCUT2D eigenvalue weighted by Gasteiger charge is -2.11. The molecule has 0 radical (unpaired) electrons. The quantitative estimate of drug-likeness (QED) is 0.813. The lowest BCUT2D eigenvalue weighted by molar-refractivity contribution is 0.246. The summed E-state index contributed by atoms with van der Waals surface area (Å²) in [7, 11) is 0. The van der Waals surface area contributed by atoms with Gasteiger partial charge in [-0.25, -0.2) is 20.0 Å². The first-order valence-corrected chi connectivity index (χ1v) is 5.94. The monoisotopic (exact) mass is 255 g/mol. The van der Waals surface area contributed by atoms with E-state index >= 15 is 0 Å². The number of rotatable bonds is 2. The van der Waals surface area contributed by atoms with Gasteiger partial charge in [0.25, 0.3) is 0 Å². The van der Waals surface area contributed by atoms with Gasteiger partial charge in [0, 0.05) is 0 Å². The predicted molar refractivity (Wildman–Crippen MR) is 74.8 cm³/mol. The molecular weight excluding hydrogens is 242 g/mol. The molecule has 2 aliphatic heterocycles. The summed E-state index contributed by atoms with van der Waals surface area (Å²) in [5, 5.41) is 10.3. The van der Waals surface area contributed by atoms with E-state index in [1.807, 2.05) is 30.3 Å². The molecule has 0 aromatic heterocycles. The Balaban J connectivity index is 1.93. The fraction of sp³-hybridized carbons (Fsp3) is 0.231. The van der Waals surface area contributed by atoms with Crippen LogP contribution in [-0.4, -0.2) is 34.5 Å². The molecule has 0 spiro atoms. The average Bonchev–Trinajstić information content (AvgIpc) is 2.83. The molecule has 6 heteroatoms. The summed E-state index contributed by atoms with van der Waals surface area (Å²) in [5.74, 6) is 1.73. The number of fused-ring (bicyclic) bond motifs is 1. The van der Waals surface area contributed by atoms with Crippen molar-refractivity contribution in [3.63, 3.8) is 0 Å². The van der Waals surface area contributed by atoms with Crippen molar-refractivity contribution in [3.8, 4) is 0 Å². The maximum absolute atomic E-state index is 10.3. The van der Waals surface area contributed by atoms with Gasteiger partial charge in [-0.1, -0.05) is 30.3 Å². The molecule has 0 bridgehead atoms. The molecule has 2 aliphatic rings. The fourth-order valence-corrected chi connectivity index (χ4v) is 2.04. The third kappa shape index (κ3) is 2.06. The summed E-state index contributed by atoms with van der Waals surface area (Å²) in [4.78, 5) is 16.8. The van der Waals surface area contributed by atoms with Gasteiger partial charge in [-0.15, -0.1) is 0 Å². The number of nitrogens with zero attached hydrogens (tertiary/aromatic N) is 4. The second kappa shape index (κ2) is 4.40. The predicted octanol–water partition coefficient (Wildman–Crippen LogP) is 0.688. The summed E-state index contributed by atoms with van der Waals surface area (Å²) in [6.45, 7) is 1.75. The molecule has 2 unspecified atom stereocenters. The number of hydrogen-bond acceptors (Lipinski definition) is 6. The van der Waals surface area contributed by atoms with Crippen molar-refractivity contribution < 1.29 is 5.11 Å². The highest BCUT2D eigenvalue weighted by Crippen LogP contribution is 2.21. The summed E-state index contributed by atoms with van der Waals surface area (Å²) in [5.41, 5.74) is 6.55. The van der Waals surface area contributed by atoms with Crippen LogP contribution in [0.3, 0.4) is 0 Å². The summed E-state index contributed by atoms with van der Waals surface area (Å²) < 4.78 is 0. The molecule has 0 fully saturated rings. The second-order valence-corrected chi connectivity index (χ2v) is 4.37. The second-order valence-electron chi connectivity index (χ2n) is 4.37. The first-order valence-electron chi connectivity index (χ1n) is 5.94. The average molecular weight is 255 g/mol. The molecule has 0 aliphatic carbocycles. The number of amidine groups is 4. The Hall–Kier alpha value is -2.34. The van der Waals surface area contributed by atoms with Crippen LogP contribution in [0, 0.1) is 0 Å². The number of nitrogens with two attached hydrogens (primary N) is 1. The largest absolute Gasteiger partial charge is 0.385 e. The van der Waals surface area contributed by atoms with Gasteiger partial charge in [0.2, 0.25) is 0 Å². The van der Waals surface area contributed by atoms with E-state index in [4.69, 9.17) is 5.73 Å². The van der Waals surface area contributed by atoms with E-state index in [2.05, 4.69) is 20.0 Å². The maximum Gasteiger partial charge on any atom is 0.169 e. The molecule has 0 amide bonds. The number of aliphatic hydroxyl groups excluding tert-OH is 1. The van der Waals surface area contributed by atoms with Gasteiger partial charge in [0.1, 0.15) is 17.8 Å². The molecule has 6 nitrogen and oxygen atoms in total. The van der Waals surface area contributed by atoms with Crippen LogP contribution in [0.4, 0.5) is 0 Å². The van der Waals surface area contributed by atoms with E-state index in [0.29, 0.717) is 23.3 Å². The molecule has 2 atom stereocenters. The van der Waals surface area contributed by atoms with Crippen molar-refractivity contribution in [3.05, 3.63) is 35.9 Å². The van der Waals surface area contributed by atoms with E-state index in [0.717, 1.165) is 5.56 Å². The van der Waals surface area contributed by atoms with E-state index in [1.165, 1.54) is 0 Å². The van der Waals surface area contributed by atoms with Crippen LogP contribution in [0.5, 0.6) is 0 Å². The van der Waals surface area contributed by atoms with E-state index in [9.17, 15) is 5.11 Å². The number of benzene rings is 1. The standard InChI is InChI=1S/C13H13N5O/c1-7-15-11(14)9-12(16-7)18-13(17-9)10(19)8-5-3-2-4-6-8/h2-6,9-10,19H,1H3,(H2,14,15,16,17,18). The van der Waals surface area contributed by atoms with Gasteiger partial charge in [-0.05, 0) is 12.5 Å². The minimum atomic E-state index is -0.873. The maximum atomic E-state index is 10.3. The normalized spacial score (nSPS) is 22.9. The highest BCUT2D eigenvalue weighted by molar-refractivity contribution is 6.24.